The first-order valence-corrected chi connectivity index (χ1v) is 6.78. The number of sulfone groups is 1. The Kier molecular flexibility index (Phi) is 3.86. The summed E-state index contributed by atoms with van der Waals surface area (Å²) in [6, 6.07) is 0. The van der Waals surface area contributed by atoms with Gasteiger partial charge < -0.3 is 0 Å². The molecule has 4 heteroatoms. The molecule has 0 fully saturated rings. The van der Waals surface area contributed by atoms with Crippen molar-refractivity contribution in [2.75, 3.05) is 11.5 Å². The molecule has 0 unspecified atom stereocenters. The normalized spacial score (nSPS) is 17.2. The summed E-state index contributed by atoms with van der Waals surface area (Å²) in [4.78, 5) is 10.9. The van der Waals surface area contributed by atoms with Gasteiger partial charge in [-0.3, -0.25) is 4.79 Å². The van der Waals surface area contributed by atoms with Crippen molar-refractivity contribution in [3.63, 3.8) is 0 Å². The van der Waals surface area contributed by atoms with Crippen molar-refractivity contribution in [1.29, 1.82) is 0 Å². The van der Waals surface area contributed by atoms with Crippen molar-refractivity contribution in [3.8, 4) is 0 Å². The molecular formula is C10H16O3S. The van der Waals surface area contributed by atoms with Crippen LogP contribution < -0.4 is 0 Å². The molecule has 0 aliphatic heterocycles. The summed E-state index contributed by atoms with van der Waals surface area (Å²) >= 11 is 0. The van der Waals surface area contributed by atoms with Crippen LogP contribution in [0.5, 0.6) is 0 Å². The summed E-state index contributed by atoms with van der Waals surface area (Å²) in [5, 5.41) is 0. The molecule has 0 heterocycles. The standard InChI is InChI=1S/C10H16O3S/c1-2-14(12,13)7-3-4-9-5-6-10(11)8-9/h8H,2-7H2,1H3. The highest BCUT2D eigenvalue weighted by atomic mass is 32.2. The third-order valence-electron chi connectivity index (χ3n) is 2.45. The molecule has 0 aromatic carbocycles. The highest BCUT2D eigenvalue weighted by molar-refractivity contribution is 7.91. The van der Waals surface area contributed by atoms with Gasteiger partial charge in [-0.15, -0.1) is 0 Å². The molecule has 0 radical (unpaired) electrons. The van der Waals surface area contributed by atoms with Crippen LogP contribution in [0.3, 0.4) is 0 Å². The minimum Gasteiger partial charge on any atom is -0.295 e. The van der Waals surface area contributed by atoms with Gasteiger partial charge in [0.05, 0.1) is 5.75 Å². The highest BCUT2D eigenvalue weighted by Crippen LogP contribution is 2.19. The van der Waals surface area contributed by atoms with Crippen LogP contribution in [0.4, 0.5) is 0 Å². The van der Waals surface area contributed by atoms with E-state index in [1.54, 1.807) is 13.0 Å². The molecule has 1 aliphatic rings. The number of rotatable bonds is 5. The molecule has 0 atom stereocenters. The minimum atomic E-state index is -2.84. The molecule has 0 amide bonds. The second-order valence-electron chi connectivity index (χ2n) is 3.61. The molecule has 0 N–H and O–H groups in total. The molecule has 0 bridgehead atoms. The van der Waals surface area contributed by atoms with E-state index in [9.17, 15) is 13.2 Å². The van der Waals surface area contributed by atoms with E-state index in [0.717, 1.165) is 18.4 Å². The first kappa shape index (κ1) is 11.4. The number of hydrogen-bond donors (Lipinski definition) is 0. The van der Waals surface area contributed by atoms with Crippen molar-refractivity contribution in [1.82, 2.24) is 0 Å². The Morgan fingerprint density at radius 1 is 1.36 bits per heavy atom. The van der Waals surface area contributed by atoms with Gasteiger partial charge in [-0.1, -0.05) is 12.5 Å². The predicted molar refractivity (Wildman–Crippen MR) is 55.9 cm³/mol. The summed E-state index contributed by atoms with van der Waals surface area (Å²) in [5.74, 6) is 0.637. The molecule has 1 rings (SSSR count). The molecule has 14 heavy (non-hydrogen) atoms. The van der Waals surface area contributed by atoms with Crippen LogP contribution in [0.25, 0.3) is 0 Å². The zero-order valence-corrected chi connectivity index (χ0v) is 9.27. The molecule has 1 aliphatic carbocycles. The number of carbonyl (C=O) groups is 1. The first-order chi connectivity index (χ1) is 6.53. The average molecular weight is 216 g/mol. The van der Waals surface area contributed by atoms with Gasteiger partial charge in [-0.25, -0.2) is 8.42 Å². The van der Waals surface area contributed by atoms with Crippen molar-refractivity contribution >= 4 is 15.6 Å². The van der Waals surface area contributed by atoms with Crippen molar-refractivity contribution in [2.24, 2.45) is 0 Å². The van der Waals surface area contributed by atoms with Gasteiger partial charge >= 0.3 is 0 Å². The van der Waals surface area contributed by atoms with Crippen molar-refractivity contribution in [3.05, 3.63) is 11.6 Å². The molecule has 0 saturated carbocycles. The van der Waals surface area contributed by atoms with Gasteiger partial charge in [-0.2, -0.15) is 0 Å². The monoisotopic (exact) mass is 216 g/mol. The summed E-state index contributed by atoms with van der Waals surface area (Å²) in [6.45, 7) is 1.66. The third-order valence-corrected chi connectivity index (χ3v) is 4.24. The Morgan fingerprint density at radius 2 is 2.07 bits per heavy atom. The molecule has 0 aromatic heterocycles. The summed E-state index contributed by atoms with van der Waals surface area (Å²) in [7, 11) is -2.84. The van der Waals surface area contributed by atoms with Crippen LogP contribution in [-0.2, 0) is 14.6 Å². The topological polar surface area (TPSA) is 51.2 Å². The lowest BCUT2D eigenvalue weighted by molar-refractivity contribution is -0.114. The highest BCUT2D eigenvalue weighted by Gasteiger charge is 2.13. The number of hydrogen-bond acceptors (Lipinski definition) is 3. The average Bonchev–Trinajstić information content (AvgIpc) is 2.51. The Labute approximate surface area is 85.1 Å². The first-order valence-electron chi connectivity index (χ1n) is 4.96. The summed E-state index contributed by atoms with van der Waals surface area (Å²) in [6.07, 6.45) is 4.50. The van der Waals surface area contributed by atoms with Crippen LogP contribution in [0.1, 0.15) is 32.6 Å². The zero-order valence-electron chi connectivity index (χ0n) is 8.45. The maximum atomic E-state index is 11.2. The lowest BCUT2D eigenvalue weighted by Gasteiger charge is -2.01. The SMILES string of the molecule is CCS(=O)(=O)CCCC1=CC(=O)CC1. The predicted octanol–water partition coefficient (Wildman–Crippen LogP) is 1.49. The van der Waals surface area contributed by atoms with E-state index in [2.05, 4.69) is 0 Å². The quantitative estimate of drug-likeness (QED) is 0.699. The van der Waals surface area contributed by atoms with E-state index in [-0.39, 0.29) is 17.3 Å². The molecule has 0 aromatic rings. The fraction of sp³-hybridized carbons (Fsp3) is 0.700. The van der Waals surface area contributed by atoms with E-state index in [0.29, 0.717) is 12.8 Å². The lowest BCUT2D eigenvalue weighted by atomic mass is 10.1. The second-order valence-corrected chi connectivity index (χ2v) is 6.08. The Balaban J connectivity index is 2.29. The van der Waals surface area contributed by atoms with Gasteiger partial charge in [-0.05, 0) is 25.3 Å². The lowest BCUT2D eigenvalue weighted by Crippen LogP contribution is -2.08. The molecule has 3 nitrogen and oxygen atoms in total. The van der Waals surface area contributed by atoms with Crippen molar-refractivity contribution in [2.45, 2.75) is 32.6 Å². The number of allylic oxidation sites excluding steroid dienone is 2. The molecule has 80 valence electrons. The number of ketones is 1. The second kappa shape index (κ2) is 4.73. The van der Waals surface area contributed by atoms with E-state index in [1.807, 2.05) is 0 Å². The number of carbonyl (C=O) groups excluding carboxylic acids is 1. The largest absolute Gasteiger partial charge is 0.295 e. The fourth-order valence-electron chi connectivity index (χ4n) is 1.52. The van der Waals surface area contributed by atoms with Gasteiger partial charge in [0.15, 0.2) is 5.78 Å². The van der Waals surface area contributed by atoms with Gasteiger partial charge in [0.1, 0.15) is 9.84 Å². The van der Waals surface area contributed by atoms with Crippen LogP contribution in [-0.4, -0.2) is 25.7 Å². The summed E-state index contributed by atoms with van der Waals surface area (Å²) < 4.78 is 22.3. The van der Waals surface area contributed by atoms with Crippen LogP contribution in [0, 0.1) is 0 Å². The molecular weight excluding hydrogens is 200 g/mol. The maximum absolute atomic E-state index is 11.2. The Bertz CT molecular complexity index is 338. The zero-order chi connectivity index (χ0) is 10.6. The van der Waals surface area contributed by atoms with Crippen LogP contribution >= 0.6 is 0 Å². The van der Waals surface area contributed by atoms with Gasteiger partial charge in [0, 0.05) is 12.2 Å². The van der Waals surface area contributed by atoms with E-state index >= 15 is 0 Å². The van der Waals surface area contributed by atoms with Crippen LogP contribution in [0.2, 0.25) is 0 Å². The minimum absolute atomic E-state index is 0.179. The smallest absolute Gasteiger partial charge is 0.155 e. The van der Waals surface area contributed by atoms with Gasteiger partial charge in [0.2, 0.25) is 0 Å². The van der Waals surface area contributed by atoms with Gasteiger partial charge in [0.25, 0.3) is 0 Å². The Morgan fingerprint density at radius 3 is 2.57 bits per heavy atom. The maximum Gasteiger partial charge on any atom is 0.155 e. The Hall–Kier alpha value is -0.640. The molecule has 0 saturated heterocycles. The van der Waals surface area contributed by atoms with E-state index in [4.69, 9.17) is 0 Å². The fourth-order valence-corrected chi connectivity index (χ4v) is 2.39. The third kappa shape index (κ3) is 3.62. The van der Waals surface area contributed by atoms with E-state index in [1.165, 1.54) is 0 Å². The van der Waals surface area contributed by atoms with E-state index < -0.39 is 9.84 Å². The summed E-state index contributed by atoms with van der Waals surface area (Å²) in [5.41, 5.74) is 1.11. The molecule has 0 spiro atoms. The van der Waals surface area contributed by atoms with Crippen molar-refractivity contribution < 1.29 is 13.2 Å². The van der Waals surface area contributed by atoms with Crippen LogP contribution in [0.15, 0.2) is 11.6 Å².